The highest BCUT2D eigenvalue weighted by molar-refractivity contribution is 5.69. The van der Waals surface area contributed by atoms with Crippen molar-refractivity contribution in [3.05, 3.63) is 0 Å². The summed E-state index contributed by atoms with van der Waals surface area (Å²) >= 11 is 0. The predicted octanol–water partition coefficient (Wildman–Crippen LogP) is 14.9. The van der Waals surface area contributed by atoms with Crippen LogP contribution in [0.15, 0.2) is 0 Å². The molecule has 1 aliphatic carbocycles. The molecular formula is C46H88O4. The van der Waals surface area contributed by atoms with Crippen molar-refractivity contribution in [3.63, 3.8) is 0 Å². The Morgan fingerprint density at radius 1 is 0.420 bits per heavy atom. The summed E-state index contributed by atoms with van der Waals surface area (Å²) < 4.78 is 10.9. The average Bonchev–Trinajstić information content (AvgIpc) is 3.09. The van der Waals surface area contributed by atoms with Gasteiger partial charge in [0.05, 0.1) is 13.2 Å². The molecule has 0 heterocycles. The van der Waals surface area contributed by atoms with Gasteiger partial charge in [0.15, 0.2) is 0 Å². The van der Waals surface area contributed by atoms with Gasteiger partial charge in [0.25, 0.3) is 0 Å². The van der Waals surface area contributed by atoms with Crippen molar-refractivity contribution in [1.29, 1.82) is 0 Å². The summed E-state index contributed by atoms with van der Waals surface area (Å²) in [5, 5.41) is 0. The zero-order valence-corrected chi connectivity index (χ0v) is 34.4. The quantitative estimate of drug-likeness (QED) is 0.0481. The fraction of sp³-hybridized carbons (Fsp3) is 0.957. The first kappa shape index (κ1) is 47.0. The maximum Gasteiger partial charge on any atom is 0.305 e. The molecule has 0 aromatic carbocycles. The van der Waals surface area contributed by atoms with Crippen molar-refractivity contribution in [1.82, 2.24) is 0 Å². The molecule has 1 rings (SSSR count). The average molecular weight is 705 g/mol. The number of unbranched alkanes of at least 4 members (excludes halogenated alkanes) is 20. The smallest absolute Gasteiger partial charge is 0.305 e. The van der Waals surface area contributed by atoms with Crippen molar-refractivity contribution >= 4 is 11.9 Å². The number of carbonyl (C=O) groups excluding carboxylic acids is 2. The van der Waals surface area contributed by atoms with Gasteiger partial charge in [-0.1, -0.05) is 207 Å². The number of hydrogen-bond donors (Lipinski definition) is 0. The molecule has 1 aliphatic rings. The number of ether oxygens (including phenoxy) is 2. The third kappa shape index (κ3) is 31.7. The molecule has 4 heteroatoms. The maximum atomic E-state index is 12.0. The van der Waals surface area contributed by atoms with Crippen LogP contribution in [0, 0.1) is 23.7 Å². The van der Waals surface area contributed by atoms with E-state index in [2.05, 4.69) is 27.7 Å². The molecule has 2 atom stereocenters. The minimum atomic E-state index is 0.0151. The number of hydrogen-bond acceptors (Lipinski definition) is 4. The second-order valence-corrected chi connectivity index (χ2v) is 17.2. The lowest BCUT2D eigenvalue weighted by Gasteiger charge is -2.32. The van der Waals surface area contributed by atoms with Crippen molar-refractivity contribution in [2.45, 2.75) is 246 Å². The van der Waals surface area contributed by atoms with Crippen LogP contribution in [0.2, 0.25) is 0 Å². The summed E-state index contributed by atoms with van der Waals surface area (Å²) in [6.45, 7) is 10.4. The monoisotopic (exact) mass is 705 g/mol. The van der Waals surface area contributed by atoms with E-state index in [9.17, 15) is 9.59 Å². The molecule has 4 nitrogen and oxygen atoms in total. The van der Waals surface area contributed by atoms with Gasteiger partial charge in [-0.3, -0.25) is 9.59 Å². The van der Waals surface area contributed by atoms with E-state index >= 15 is 0 Å². The lowest BCUT2D eigenvalue weighted by molar-refractivity contribution is -0.144. The summed E-state index contributed by atoms with van der Waals surface area (Å²) in [4.78, 5) is 24.0. The molecule has 0 saturated heterocycles. The molecule has 0 bridgehead atoms. The van der Waals surface area contributed by atoms with Gasteiger partial charge < -0.3 is 9.47 Å². The predicted molar refractivity (Wildman–Crippen MR) is 216 cm³/mol. The third-order valence-corrected chi connectivity index (χ3v) is 11.4. The molecule has 0 aromatic heterocycles. The zero-order valence-electron chi connectivity index (χ0n) is 34.4. The number of esters is 2. The van der Waals surface area contributed by atoms with Crippen LogP contribution >= 0.6 is 0 Å². The number of carbonyl (C=O) groups is 2. The van der Waals surface area contributed by atoms with E-state index in [-0.39, 0.29) is 11.9 Å². The Labute approximate surface area is 313 Å². The fourth-order valence-corrected chi connectivity index (χ4v) is 8.05. The Hall–Kier alpha value is -1.06. The molecule has 296 valence electrons. The van der Waals surface area contributed by atoms with Crippen molar-refractivity contribution in [2.75, 3.05) is 13.2 Å². The maximum absolute atomic E-state index is 12.0. The Morgan fingerprint density at radius 3 is 1.08 bits per heavy atom. The molecule has 0 aromatic rings. The van der Waals surface area contributed by atoms with E-state index in [0.717, 1.165) is 49.4 Å². The lowest BCUT2D eigenvalue weighted by Crippen LogP contribution is -2.19. The molecule has 1 saturated carbocycles. The Balaban J connectivity index is 1.89. The minimum absolute atomic E-state index is 0.0151. The molecule has 0 spiro atoms. The standard InChI is InChI=1S/C46H88O4/c1-41(2)31-21-13-11-19-29-39-49-45(47)37-25-17-9-5-7-15-23-33-43-35-27-28-36-44(43)34-24-16-8-6-10-18-26-38-46(48)50-40-30-20-12-14-22-32-42(3)4/h41-44H,5-40H2,1-4H3. The van der Waals surface area contributed by atoms with Crippen molar-refractivity contribution in [2.24, 2.45) is 23.7 Å². The topological polar surface area (TPSA) is 52.6 Å². The summed E-state index contributed by atoms with van der Waals surface area (Å²) in [6, 6.07) is 0. The van der Waals surface area contributed by atoms with Crippen LogP contribution in [0.1, 0.15) is 246 Å². The first-order valence-electron chi connectivity index (χ1n) is 22.7. The fourth-order valence-electron chi connectivity index (χ4n) is 8.05. The lowest BCUT2D eigenvalue weighted by atomic mass is 9.74. The van der Waals surface area contributed by atoms with E-state index in [1.165, 1.54) is 180 Å². The molecule has 0 amide bonds. The highest BCUT2D eigenvalue weighted by Crippen LogP contribution is 2.37. The second kappa shape index (κ2) is 35.0. The zero-order chi connectivity index (χ0) is 36.3. The van der Waals surface area contributed by atoms with Gasteiger partial charge in [-0.15, -0.1) is 0 Å². The second-order valence-electron chi connectivity index (χ2n) is 17.2. The minimum Gasteiger partial charge on any atom is -0.466 e. The van der Waals surface area contributed by atoms with Gasteiger partial charge in [0.1, 0.15) is 0 Å². The van der Waals surface area contributed by atoms with Crippen LogP contribution in [0.4, 0.5) is 0 Å². The highest BCUT2D eigenvalue weighted by Gasteiger charge is 2.24. The van der Waals surface area contributed by atoms with Gasteiger partial charge in [-0.05, 0) is 49.4 Å². The summed E-state index contributed by atoms with van der Waals surface area (Å²) in [5.41, 5.74) is 0. The van der Waals surface area contributed by atoms with Gasteiger partial charge in [-0.2, -0.15) is 0 Å². The normalized spacial score (nSPS) is 16.4. The largest absolute Gasteiger partial charge is 0.466 e. The summed E-state index contributed by atoms with van der Waals surface area (Å²) in [6.07, 6.45) is 42.7. The van der Waals surface area contributed by atoms with Crippen molar-refractivity contribution < 1.29 is 19.1 Å². The summed E-state index contributed by atoms with van der Waals surface area (Å²) in [5.74, 6) is 3.62. The van der Waals surface area contributed by atoms with E-state index in [1.807, 2.05) is 0 Å². The van der Waals surface area contributed by atoms with Crippen LogP contribution < -0.4 is 0 Å². The molecule has 0 N–H and O–H groups in total. The van der Waals surface area contributed by atoms with Gasteiger partial charge >= 0.3 is 11.9 Å². The molecule has 0 aliphatic heterocycles. The number of rotatable bonds is 36. The third-order valence-electron chi connectivity index (χ3n) is 11.4. The Kier molecular flexibility index (Phi) is 32.9. The Morgan fingerprint density at radius 2 is 0.720 bits per heavy atom. The van der Waals surface area contributed by atoms with Crippen molar-refractivity contribution in [3.8, 4) is 0 Å². The van der Waals surface area contributed by atoms with Crippen LogP contribution in [0.5, 0.6) is 0 Å². The molecule has 1 fully saturated rings. The molecule has 0 radical (unpaired) electrons. The molecule has 50 heavy (non-hydrogen) atoms. The van der Waals surface area contributed by atoms with Crippen LogP contribution in [0.25, 0.3) is 0 Å². The van der Waals surface area contributed by atoms with Gasteiger partial charge in [0.2, 0.25) is 0 Å². The SMILES string of the molecule is CC(C)CCCCCCCOC(=O)CCCCCCCCCC1CCCCC1CCCCCCCCCC(=O)OCCCCCCCC(C)C. The van der Waals surface area contributed by atoms with Gasteiger partial charge in [0, 0.05) is 12.8 Å². The molecular weight excluding hydrogens is 617 g/mol. The first-order chi connectivity index (χ1) is 24.4. The van der Waals surface area contributed by atoms with E-state index in [1.54, 1.807) is 0 Å². The van der Waals surface area contributed by atoms with Crippen LogP contribution in [0.3, 0.4) is 0 Å². The molecule has 2 unspecified atom stereocenters. The highest BCUT2D eigenvalue weighted by atomic mass is 16.5. The van der Waals surface area contributed by atoms with E-state index < -0.39 is 0 Å². The van der Waals surface area contributed by atoms with E-state index in [0.29, 0.717) is 26.1 Å². The van der Waals surface area contributed by atoms with Crippen LogP contribution in [-0.2, 0) is 19.1 Å². The van der Waals surface area contributed by atoms with E-state index in [4.69, 9.17) is 9.47 Å². The first-order valence-corrected chi connectivity index (χ1v) is 22.7. The summed E-state index contributed by atoms with van der Waals surface area (Å²) in [7, 11) is 0. The van der Waals surface area contributed by atoms with Gasteiger partial charge in [-0.25, -0.2) is 0 Å². The van der Waals surface area contributed by atoms with Crippen LogP contribution in [-0.4, -0.2) is 25.2 Å². The Bertz CT molecular complexity index is 684.